The number of benzene rings is 1. The average Bonchev–Trinajstić information content (AvgIpc) is 2.98. The number of thiophene rings is 1. The minimum absolute atomic E-state index is 0.0164. The fraction of sp³-hybridized carbons (Fsp3) is 0.333. The van der Waals surface area contributed by atoms with Gasteiger partial charge in [0.15, 0.2) is 0 Å². The Labute approximate surface area is 169 Å². The lowest BCUT2D eigenvalue weighted by molar-refractivity contribution is 0.00202. The van der Waals surface area contributed by atoms with Crippen LogP contribution >= 0.6 is 38.9 Å². The lowest BCUT2D eigenvalue weighted by Crippen LogP contribution is -2.34. The molecule has 0 bridgehead atoms. The van der Waals surface area contributed by atoms with Gasteiger partial charge in [-0.05, 0) is 45.9 Å². The highest BCUT2D eigenvalue weighted by Crippen LogP contribution is 2.44. The summed E-state index contributed by atoms with van der Waals surface area (Å²) in [5, 5.41) is 3.60. The molecular formula is C18H18BrClN4OS. The van der Waals surface area contributed by atoms with E-state index in [1.54, 1.807) is 11.3 Å². The third-order valence-corrected chi connectivity index (χ3v) is 6.89. The second-order valence-electron chi connectivity index (χ2n) is 6.24. The van der Waals surface area contributed by atoms with Crippen LogP contribution in [0, 0.1) is 0 Å². The minimum Gasteiger partial charge on any atom is -0.371 e. The van der Waals surface area contributed by atoms with Gasteiger partial charge in [-0.15, -0.1) is 11.3 Å². The highest BCUT2D eigenvalue weighted by atomic mass is 79.9. The van der Waals surface area contributed by atoms with E-state index in [9.17, 15) is 0 Å². The molecule has 2 aromatic heterocycles. The van der Waals surface area contributed by atoms with Gasteiger partial charge in [0.05, 0.1) is 14.0 Å². The molecule has 26 heavy (non-hydrogen) atoms. The van der Waals surface area contributed by atoms with Gasteiger partial charge in [-0.2, -0.15) is 4.98 Å². The van der Waals surface area contributed by atoms with Crippen LogP contribution in [0.25, 0.3) is 10.2 Å². The van der Waals surface area contributed by atoms with E-state index in [0.29, 0.717) is 6.54 Å². The summed E-state index contributed by atoms with van der Waals surface area (Å²) in [6.07, 6.45) is 1.82. The van der Waals surface area contributed by atoms with Crippen molar-refractivity contribution in [1.29, 1.82) is 0 Å². The Hall–Kier alpha value is -1.25. The van der Waals surface area contributed by atoms with E-state index in [-0.39, 0.29) is 17.4 Å². The second-order valence-corrected chi connectivity index (χ2v) is 8.42. The second kappa shape index (κ2) is 7.78. The molecule has 2 atom stereocenters. The SMILES string of the molecule is N[C@@H]1CCCO[C@H]1c1sc2c(NCc3ccccc3)nc(Cl)nc2c1Br. The van der Waals surface area contributed by atoms with Crippen molar-refractivity contribution in [3.63, 3.8) is 0 Å². The first-order valence-electron chi connectivity index (χ1n) is 8.44. The molecule has 0 radical (unpaired) electrons. The summed E-state index contributed by atoms with van der Waals surface area (Å²) in [5.74, 6) is 0.727. The fourth-order valence-corrected chi connectivity index (χ4v) is 5.38. The number of hydrogen-bond acceptors (Lipinski definition) is 6. The monoisotopic (exact) mass is 452 g/mol. The van der Waals surface area contributed by atoms with Crippen LogP contribution in [0.3, 0.4) is 0 Å². The normalized spacial score (nSPS) is 20.4. The third kappa shape index (κ3) is 3.59. The predicted octanol–water partition coefficient (Wildman–Crippen LogP) is 4.90. The molecule has 5 nitrogen and oxygen atoms in total. The number of halogens is 2. The Balaban J connectivity index is 1.70. The van der Waals surface area contributed by atoms with Gasteiger partial charge in [0.25, 0.3) is 0 Å². The predicted molar refractivity (Wildman–Crippen MR) is 110 cm³/mol. The van der Waals surface area contributed by atoms with Gasteiger partial charge in [0, 0.05) is 19.2 Å². The van der Waals surface area contributed by atoms with Crippen LogP contribution in [-0.2, 0) is 11.3 Å². The molecule has 8 heteroatoms. The van der Waals surface area contributed by atoms with Crippen LogP contribution in [0.2, 0.25) is 5.28 Å². The maximum Gasteiger partial charge on any atom is 0.225 e. The molecular weight excluding hydrogens is 436 g/mol. The molecule has 1 saturated heterocycles. The number of anilines is 1. The molecule has 0 aliphatic carbocycles. The lowest BCUT2D eigenvalue weighted by atomic mass is 10.0. The maximum atomic E-state index is 6.29. The highest BCUT2D eigenvalue weighted by Gasteiger charge is 2.30. The molecule has 0 unspecified atom stereocenters. The number of nitrogens with two attached hydrogens (primary N) is 1. The Morgan fingerprint density at radius 3 is 2.88 bits per heavy atom. The molecule has 4 rings (SSSR count). The molecule has 3 N–H and O–H groups in total. The average molecular weight is 454 g/mol. The van der Waals surface area contributed by atoms with Crippen LogP contribution < -0.4 is 11.1 Å². The topological polar surface area (TPSA) is 73.1 Å². The van der Waals surface area contributed by atoms with E-state index in [1.807, 2.05) is 18.2 Å². The van der Waals surface area contributed by atoms with E-state index < -0.39 is 0 Å². The van der Waals surface area contributed by atoms with E-state index in [4.69, 9.17) is 22.1 Å². The molecule has 0 amide bonds. The zero-order valence-corrected chi connectivity index (χ0v) is 17.1. The summed E-state index contributed by atoms with van der Waals surface area (Å²) >= 11 is 11.5. The van der Waals surface area contributed by atoms with Crippen molar-refractivity contribution in [2.75, 3.05) is 11.9 Å². The Morgan fingerprint density at radius 2 is 2.12 bits per heavy atom. The Morgan fingerprint density at radius 1 is 1.31 bits per heavy atom. The first-order chi connectivity index (χ1) is 12.6. The largest absolute Gasteiger partial charge is 0.371 e. The summed E-state index contributed by atoms with van der Waals surface area (Å²) in [6, 6.07) is 10.1. The molecule has 0 spiro atoms. The van der Waals surface area contributed by atoms with Gasteiger partial charge in [-0.1, -0.05) is 30.3 Å². The molecule has 0 saturated carbocycles. The number of aromatic nitrogens is 2. The number of fused-ring (bicyclic) bond motifs is 1. The number of nitrogens with zero attached hydrogens (tertiary/aromatic N) is 2. The quantitative estimate of drug-likeness (QED) is 0.550. The van der Waals surface area contributed by atoms with Crippen molar-refractivity contribution in [2.24, 2.45) is 5.73 Å². The summed E-state index contributed by atoms with van der Waals surface area (Å²) in [6.45, 7) is 1.39. The van der Waals surface area contributed by atoms with Crippen LogP contribution in [0.4, 0.5) is 5.82 Å². The number of nitrogens with one attached hydrogen (secondary N) is 1. The lowest BCUT2D eigenvalue weighted by Gasteiger charge is -2.28. The zero-order chi connectivity index (χ0) is 18.1. The number of ether oxygens (including phenoxy) is 1. The summed E-state index contributed by atoms with van der Waals surface area (Å²) in [7, 11) is 0. The summed E-state index contributed by atoms with van der Waals surface area (Å²) < 4.78 is 7.79. The minimum atomic E-state index is -0.127. The zero-order valence-electron chi connectivity index (χ0n) is 13.9. The molecule has 136 valence electrons. The smallest absolute Gasteiger partial charge is 0.225 e. The Kier molecular flexibility index (Phi) is 5.42. The fourth-order valence-electron chi connectivity index (χ4n) is 3.10. The molecule has 1 aromatic carbocycles. The van der Waals surface area contributed by atoms with Crippen molar-refractivity contribution >= 4 is 54.9 Å². The first-order valence-corrected chi connectivity index (χ1v) is 10.4. The van der Waals surface area contributed by atoms with Gasteiger partial charge < -0.3 is 15.8 Å². The van der Waals surface area contributed by atoms with Crippen molar-refractivity contribution in [3.8, 4) is 0 Å². The molecule has 1 aliphatic rings. The molecule has 1 aliphatic heterocycles. The van der Waals surface area contributed by atoms with Gasteiger partial charge in [0.1, 0.15) is 17.4 Å². The van der Waals surface area contributed by atoms with Gasteiger partial charge in [-0.3, -0.25) is 0 Å². The molecule has 1 fully saturated rings. The van der Waals surface area contributed by atoms with Crippen LogP contribution in [0.1, 0.15) is 29.4 Å². The van der Waals surface area contributed by atoms with Crippen molar-refractivity contribution < 1.29 is 4.74 Å². The third-order valence-electron chi connectivity index (χ3n) is 4.40. The van der Waals surface area contributed by atoms with E-state index in [2.05, 4.69) is 43.3 Å². The number of hydrogen-bond donors (Lipinski definition) is 2. The highest BCUT2D eigenvalue weighted by molar-refractivity contribution is 9.10. The number of rotatable bonds is 4. The van der Waals surface area contributed by atoms with E-state index >= 15 is 0 Å². The van der Waals surface area contributed by atoms with Crippen molar-refractivity contribution in [2.45, 2.75) is 31.5 Å². The van der Waals surface area contributed by atoms with Crippen molar-refractivity contribution in [1.82, 2.24) is 9.97 Å². The van der Waals surface area contributed by atoms with Gasteiger partial charge in [0.2, 0.25) is 5.28 Å². The molecule has 3 aromatic rings. The van der Waals surface area contributed by atoms with Crippen molar-refractivity contribution in [3.05, 3.63) is 50.5 Å². The van der Waals surface area contributed by atoms with Gasteiger partial charge in [-0.25, -0.2) is 4.98 Å². The summed E-state index contributed by atoms with van der Waals surface area (Å²) in [4.78, 5) is 9.86. The first kappa shape index (κ1) is 18.1. The van der Waals surface area contributed by atoms with Crippen LogP contribution in [0.15, 0.2) is 34.8 Å². The standard InChI is InChI=1S/C18H18BrClN4OS/c19-12-13-16(26-15(12)14-11(21)7-4-8-25-14)17(24-18(20)23-13)22-9-10-5-2-1-3-6-10/h1-3,5-6,11,14H,4,7-9,21H2,(H,22,23,24)/t11-,14-/m1/s1. The Bertz CT molecular complexity index is 920. The summed E-state index contributed by atoms with van der Waals surface area (Å²) in [5.41, 5.74) is 8.25. The van der Waals surface area contributed by atoms with E-state index in [1.165, 1.54) is 5.56 Å². The van der Waals surface area contributed by atoms with Gasteiger partial charge >= 0.3 is 0 Å². The maximum absolute atomic E-state index is 6.29. The van der Waals surface area contributed by atoms with E-state index in [0.717, 1.165) is 44.8 Å². The molecule has 3 heterocycles. The van der Waals surface area contributed by atoms with Crippen LogP contribution in [0.5, 0.6) is 0 Å². The van der Waals surface area contributed by atoms with Crippen LogP contribution in [-0.4, -0.2) is 22.6 Å².